The van der Waals surface area contributed by atoms with Crippen LogP contribution in [0.1, 0.15) is 5.56 Å². The number of ether oxygens (including phenoxy) is 1. The highest BCUT2D eigenvalue weighted by Gasteiger charge is 2.22. The molecule has 25 heavy (non-hydrogen) atoms. The molecule has 130 valence electrons. The second kappa shape index (κ2) is 6.97. The number of methoxy groups -OCH3 is 1. The largest absolute Gasteiger partial charge is 0.497 e. The van der Waals surface area contributed by atoms with Gasteiger partial charge in [-0.25, -0.2) is 9.97 Å². The van der Waals surface area contributed by atoms with Crippen LogP contribution in [0, 0.1) is 0 Å². The van der Waals surface area contributed by atoms with Crippen molar-refractivity contribution < 1.29 is 4.74 Å². The Hall–Kier alpha value is -2.19. The fourth-order valence-corrected chi connectivity index (χ4v) is 3.60. The number of hydrogen-bond acceptors (Lipinski definition) is 6. The molecule has 0 unspecified atom stereocenters. The van der Waals surface area contributed by atoms with Gasteiger partial charge in [-0.2, -0.15) is 5.10 Å². The Morgan fingerprint density at radius 3 is 2.60 bits per heavy atom. The van der Waals surface area contributed by atoms with Crippen molar-refractivity contribution in [3.05, 3.63) is 40.8 Å². The van der Waals surface area contributed by atoms with Crippen LogP contribution in [0.2, 0.25) is 0 Å². The van der Waals surface area contributed by atoms with Crippen LogP contribution in [0.5, 0.6) is 5.75 Å². The lowest BCUT2D eigenvalue weighted by molar-refractivity contribution is 0.249. The molecule has 0 amide bonds. The standard InChI is InChI=1S/C17H19BrN6O/c1-25-13-4-2-12(3-5-13)10-23-6-8-24(9-7-23)17-14-15(18)21-22-16(14)19-11-20-17/h2-5,11H,6-10H2,1H3,(H,19,20,21,22). The van der Waals surface area contributed by atoms with Crippen molar-refractivity contribution in [2.45, 2.75) is 6.54 Å². The van der Waals surface area contributed by atoms with Gasteiger partial charge in [0, 0.05) is 32.7 Å². The van der Waals surface area contributed by atoms with Gasteiger partial charge in [0.25, 0.3) is 0 Å². The number of rotatable bonds is 4. The minimum absolute atomic E-state index is 0.692. The highest BCUT2D eigenvalue weighted by Crippen LogP contribution is 2.28. The number of hydrogen-bond donors (Lipinski definition) is 1. The number of aromatic nitrogens is 4. The van der Waals surface area contributed by atoms with Gasteiger partial charge in [0.2, 0.25) is 0 Å². The summed E-state index contributed by atoms with van der Waals surface area (Å²) in [5.74, 6) is 1.83. The summed E-state index contributed by atoms with van der Waals surface area (Å²) in [6.07, 6.45) is 1.58. The topological polar surface area (TPSA) is 70.2 Å². The molecule has 0 radical (unpaired) electrons. The van der Waals surface area contributed by atoms with Crippen molar-refractivity contribution >= 4 is 32.8 Å². The van der Waals surface area contributed by atoms with E-state index in [0.717, 1.165) is 54.3 Å². The fourth-order valence-electron chi connectivity index (χ4n) is 3.15. The number of H-pyrrole nitrogens is 1. The molecule has 4 rings (SSSR count). The highest BCUT2D eigenvalue weighted by molar-refractivity contribution is 9.10. The quantitative estimate of drug-likeness (QED) is 0.722. The number of nitrogens with zero attached hydrogens (tertiary/aromatic N) is 5. The predicted molar refractivity (Wildman–Crippen MR) is 99.9 cm³/mol. The van der Waals surface area contributed by atoms with Crippen molar-refractivity contribution in [2.24, 2.45) is 0 Å². The first-order valence-corrected chi connectivity index (χ1v) is 8.98. The lowest BCUT2D eigenvalue weighted by atomic mass is 10.2. The Morgan fingerprint density at radius 1 is 1.12 bits per heavy atom. The molecule has 1 fully saturated rings. The van der Waals surface area contributed by atoms with E-state index in [1.165, 1.54) is 5.56 Å². The number of aromatic amines is 1. The third kappa shape index (κ3) is 3.32. The first-order chi connectivity index (χ1) is 12.2. The van der Waals surface area contributed by atoms with Gasteiger partial charge in [0.05, 0.1) is 12.5 Å². The molecule has 1 N–H and O–H groups in total. The molecule has 1 aliphatic heterocycles. The van der Waals surface area contributed by atoms with E-state index in [9.17, 15) is 0 Å². The summed E-state index contributed by atoms with van der Waals surface area (Å²) in [5, 5.41) is 8.06. The minimum Gasteiger partial charge on any atom is -0.497 e. The third-order valence-corrected chi connectivity index (χ3v) is 5.10. The molecule has 1 aromatic carbocycles. The molecule has 7 nitrogen and oxygen atoms in total. The van der Waals surface area contributed by atoms with E-state index in [4.69, 9.17) is 4.74 Å². The molecule has 0 bridgehead atoms. The molecule has 0 saturated carbocycles. The molecule has 2 aromatic heterocycles. The van der Waals surface area contributed by atoms with Crippen molar-refractivity contribution in [2.75, 3.05) is 38.2 Å². The van der Waals surface area contributed by atoms with E-state index in [1.54, 1.807) is 13.4 Å². The molecule has 0 aliphatic carbocycles. The Morgan fingerprint density at radius 2 is 1.88 bits per heavy atom. The smallest absolute Gasteiger partial charge is 0.187 e. The third-order valence-electron chi connectivity index (χ3n) is 4.52. The summed E-state index contributed by atoms with van der Waals surface area (Å²) in [6.45, 7) is 4.80. The zero-order valence-electron chi connectivity index (χ0n) is 13.9. The van der Waals surface area contributed by atoms with E-state index in [1.807, 2.05) is 12.1 Å². The second-order valence-corrected chi connectivity index (χ2v) is 6.84. The highest BCUT2D eigenvalue weighted by atomic mass is 79.9. The Labute approximate surface area is 154 Å². The summed E-state index contributed by atoms with van der Waals surface area (Å²) in [6, 6.07) is 8.28. The van der Waals surface area contributed by atoms with Crippen LogP contribution in [-0.2, 0) is 6.54 Å². The van der Waals surface area contributed by atoms with Gasteiger partial charge in [-0.3, -0.25) is 10.00 Å². The molecular formula is C17H19BrN6O. The molecule has 0 atom stereocenters. The molecule has 3 heterocycles. The maximum absolute atomic E-state index is 5.22. The van der Waals surface area contributed by atoms with Crippen LogP contribution in [0.4, 0.5) is 5.82 Å². The Balaban J connectivity index is 1.43. The van der Waals surface area contributed by atoms with Gasteiger partial charge in [0.15, 0.2) is 5.65 Å². The monoisotopic (exact) mass is 402 g/mol. The lowest BCUT2D eigenvalue weighted by Gasteiger charge is -2.35. The van der Waals surface area contributed by atoms with E-state index in [0.29, 0.717) is 5.65 Å². The number of fused-ring (bicyclic) bond motifs is 1. The van der Waals surface area contributed by atoms with Crippen LogP contribution in [-0.4, -0.2) is 58.4 Å². The van der Waals surface area contributed by atoms with Crippen LogP contribution in [0.15, 0.2) is 35.2 Å². The fraction of sp³-hybridized carbons (Fsp3) is 0.353. The molecule has 0 spiro atoms. The average Bonchev–Trinajstić information content (AvgIpc) is 3.04. The molecular weight excluding hydrogens is 384 g/mol. The summed E-state index contributed by atoms with van der Waals surface area (Å²) < 4.78 is 6.05. The SMILES string of the molecule is COc1ccc(CN2CCN(c3ncnc4n[nH]c(Br)c34)CC2)cc1. The van der Waals surface area contributed by atoms with Crippen LogP contribution >= 0.6 is 15.9 Å². The first kappa shape index (κ1) is 16.3. The van der Waals surface area contributed by atoms with E-state index in [2.05, 4.69) is 58.0 Å². The van der Waals surface area contributed by atoms with Gasteiger partial charge in [-0.05, 0) is 33.6 Å². The average molecular weight is 403 g/mol. The summed E-state index contributed by atoms with van der Waals surface area (Å²) >= 11 is 3.51. The van der Waals surface area contributed by atoms with Gasteiger partial charge >= 0.3 is 0 Å². The number of anilines is 1. The minimum atomic E-state index is 0.692. The van der Waals surface area contributed by atoms with Crippen molar-refractivity contribution in [3.63, 3.8) is 0 Å². The van der Waals surface area contributed by atoms with Crippen molar-refractivity contribution in [1.82, 2.24) is 25.1 Å². The zero-order chi connectivity index (χ0) is 17.2. The number of halogens is 1. The van der Waals surface area contributed by atoms with Gasteiger partial charge in [0.1, 0.15) is 22.5 Å². The molecule has 3 aromatic rings. The normalized spacial score (nSPS) is 15.7. The summed E-state index contributed by atoms with van der Waals surface area (Å²) in [4.78, 5) is 13.5. The zero-order valence-corrected chi connectivity index (χ0v) is 15.5. The van der Waals surface area contributed by atoms with Crippen LogP contribution in [0.3, 0.4) is 0 Å². The predicted octanol–water partition coefficient (Wildman–Crippen LogP) is 2.45. The number of nitrogens with one attached hydrogen (secondary N) is 1. The summed E-state index contributed by atoms with van der Waals surface area (Å²) in [5.41, 5.74) is 1.99. The maximum atomic E-state index is 5.22. The van der Waals surface area contributed by atoms with Crippen LogP contribution < -0.4 is 9.64 Å². The Kier molecular flexibility index (Phi) is 4.54. The van der Waals surface area contributed by atoms with Gasteiger partial charge < -0.3 is 9.64 Å². The number of piperazine rings is 1. The van der Waals surface area contributed by atoms with Crippen molar-refractivity contribution in [3.8, 4) is 5.75 Å². The van der Waals surface area contributed by atoms with Crippen molar-refractivity contribution in [1.29, 1.82) is 0 Å². The van der Waals surface area contributed by atoms with E-state index >= 15 is 0 Å². The summed E-state index contributed by atoms with van der Waals surface area (Å²) in [7, 11) is 1.69. The van der Waals surface area contributed by atoms with Crippen LogP contribution in [0.25, 0.3) is 11.0 Å². The molecule has 1 saturated heterocycles. The lowest BCUT2D eigenvalue weighted by Crippen LogP contribution is -2.46. The second-order valence-electron chi connectivity index (χ2n) is 6.04. The van der Waals surface area contributed by atoms with Gasteiger partial charge in [-0.15, -0.1) is 0 Å². The molecule has 8 heteroatoms. The Bertz CT molecular complexity index is 857. The van der Waals surface area contributed by atoms with Gasteiger partial charge in [-0.1, -0.05) is 12.1 Å². The molecule has 1 aliphatic rings. The maximum Gasteiger partial charge on any atom is 0.187 e. The van der Waals surface area contributed by atoms with E-state index < -0.39 is 0 Å². The van der Waals surface area contributed by atoms with E-state index in [-0.39, 0.29) is 0 Å². The number of benzene rings is 1. The first-order valence-electron chi connectivity index (χ1n) is 8.19.